The van der Waals surface area contributed by atoms with Crippen LogP contribution in [0, 0.1) is 0 Å². The van der Waals surface area contributed by atoms with Gasteiger partial charge in [-0.25, -0.2) is 4.79 Å². The predicted molar refractivity (Wildman–Crippen MR) is 95.8 cm³/mol. The molecular weight excluding hydrogens is 334 g/mol. The molecule has 1 aliphatic heterocycles. The highest BCUT2D eigenvalue weighted by atomic mass is 16.5. The van der Waals surface area contributed by atoms with Gasteiger partial charge in [-0.2, -0.15) is 0 Å². The van der Waals surface area contributed by atoms with E-state index in [1.165, 1.54) is 0 Å². The largest absolute Gasteiger partial charge is 0.491 e. The number of benzene rings is 1. The van der Waals surface area contributed by atoms with E-state index in [1.807, 2.05) is 42.7 Å². The van der Waals surface area contributed by atoms with Crippen molar-refractivity contribution in [2.75, 3.05) is 13.2 Å². The lowest BCUT2D eigenvalue weighted by molar-refractivity contribution is 0.139. The lowest BCUT2D eigenvalue weighted by atomic mass is 10.2. The van der Waals surface area contributed by atoms with E-state index in [0.717, 1.165) is 29.4 Å². The van der Waals surface area contributed by atoms with Crippen LogP contribution in [0.5, 0.6) is 5.75 Å². The maximum absolute atomic E-state index is 12.1. The van der Waals surface area contributed by atoms with E-state index in [9.17, 15) is 4.79 Å². The summed E-state index contributed by atoms with van der Waals surface area (Å²) in [6.45, 7) is 6.72. The van der Waals surface area contributed by atoms with E-state index < -0.39 is 0 Å². The fourth-order valence-corrected chi connectivity index (χ4v) is 2.77. The minimum Gasteiger partial charge on any atom is -0.491 e. The summed E-state index contributed by atoms with van der Waals surface area (Å²) in [6, 6.07) is 7.46. The fraction of sp³-hybridized carbons (Fsp3) is 0.500. The van der Waals surface area contributed by atoms with Crippen LogP contribution in [0.25, 0.3) is 0 Å². The van der Waals surface area contributed by atoms with Gasteiger partial charge in [0.15, 0.2) is 5.82 Å². The number of amides is 2. The van der Waals surface area contributed by atoms with Crippen molar-refractivity contribution in [3.63, 3.8) is 0 Å². The van der Waals surface area contributed by atoms with Crippen molar-refractivity contribution >= 4 is 6.03 Å². The zero-order valence-electron chi connectivity index (χ0n) is 15.2. The van der Waals surface area contributed by atoms with Gasteiger partial charge >= 0.3 is 6.03 Å². The van der Waals surface area contributed by atoms with Crippen LogP contribution in [0.2, 0.25) is 0 Å². The molecule has 1 aromatic heterocycles. The van der Waals surface area contributed by atoms with Gasteiger partial charge in [-0.15, -0.1) is 10.2 Å². The summed E-state index contributed by atoms with van der Waals surface area (Å²) in [5.74, 6) is 2.45. The lowest BCUT2D eigenvalue weighted by Crippen LogP contribution is -2.35. The molecule has 2 aromatic rings. The number of urea groups is 1. The number of nitrogens with zero attached hydrogens (tertiary/aromatic N) is 3. The molecule has 0 spiro atoms. The summed E-state index contributed by atoms with van der Waals surface area (Å²) in [4.78, 5) is 12.1. The third-order valence-corrected chi connectivity index (χ3v) is 3.96. The van der Waals surface area contributed by atoms with E-state index in [4.69, 9.17) is 9.47 Å². The van der Waals surface area contributed by atoms with Gasteiger partial charge in [-0.3, -0.25) is 0 Å². The summed E-state index contributed by atoms with van der Waals surface area (Å²) >= 11 is 0. The van der Waals surface area contributed by atoms with E-state index >= 15 is 0 Å². The Labute approximate surface area is 152 Å². The molecule has 0 bridgehead atoms. The Morgan fingerprint density at radius 3 is 2.96 bits per heavy atom. The standard InChI is InChI=1S/C18H25N5O3/c1-13(2)26-15-5-3-4-14(10-15)11-19-18(24)20-12-17-22-21-16-6-8-25-9-7-23(16)17/h3-5,10,13H,6-9,11-12H2,1-2H3,(H2,19,20,24). The third-order valence-electron chi connectivity index (χ3n) is 3.96. The lowest BCUT2D eigenvalue weighted by Gasteiger charge is -2.12. The number of ether oxygens (including phenoxy) is 2. The molecule has 2 amide bonds. The van der Waals surface area contributed by atoms with Crippen LogP contribution >= 0.6 is 0 Å². The first kappa shape index (κ1) is 18.2. The van der Waals surface area contributed by atoms with Crippen molar-refractivity contribution in [3.8, 4) is 5.75 Å². The number of hydrogen-bond acceptors (Lipinski definition) is 5. The number of fused-ring (bicyclic) bond motifs is 1. The molecule has 3 rings (SSSR count). The summed E-state index contributed by atoms with van der Waals surface area (Å²) in [6.07, 6.45) is 0.860. The molecule has 2 N–H and O–H groups in total. The highest BCUT2D eigenvalue weighted by molar-refractivity contribution is 5.73. The molecule has 0 radical (unpaired) electrons. The predicted octanol–water partition coefficient (Wildman–Crippen LogP) is 1.64. The minimum absolute atomic E-state index is 0.116. The van der Waals surface area contributed by atoms with Gasteiger partial charge in [-0.1, -0.05) is 12.1 Å². The van der Waals surface area contributed by atoms with Gasteiger partial charge < -0.3 is 24.7 Å². The molecule has 0 saturated heterocycles. The zero-order valence-corrected chi connectivity index (χ0v) is 15.2. The van der Waals surface area contributed by atoms with Gasteiger partial charge in [0.25, 0.3) is 0 Å². The zero-order chi connectivity index (χ0) is 18.4. The molecule has 0 fully saturated rings. The van der Waals surface area contributed by atoms with Crippen molar-refractivity contribution in [1.29, 1.82) is 0 Å². The van der Waals surface area contributed by atoms with Crippen molar-refractivity contribution in [3.05, 3.63) is 41.5 Å². The third kappa shape index (κ3) is 4.95. The van der Waals surface area contributed by atoms with Crippen LogP contribution in [0.3, 0.4) is 0 Å². The molecular formula is C18H25N5O3. The first-order valence-electron chi connectivity index (χ1n) is 8.88. The number of carbonyl (C=O) groups is 1. The number of nitrogens with one attached hydrogen (secondary N) is 2. The Kier molecular flexibility index (Phi) is 6.06. The first-order chi connectivity index (χ1) is 12.6. The molecule has 0 saturated carbocycles. The second-order valence-corrected chi connectivity index (χ2v) is 6.40. The normalized spacial score (nSPS) is 13.8. The Bertz CT molecular complexity index is 744. The summed E-state index contributed by atoms with van der Waals surface area (Å²) in [5, 5.41) is 14.0. The van der Waals surface area contributed by atoms with Crippen LogP contribution in [-0.4, -0.2) is 40.1 Å². The molecule has 1 aromatic carbocycles. The summed E-state index contributed by atoms with van der Waals surface area (Å²) < 4.78 is 13.1. The molecule has 2 heterocycles. The minimum atomic E-state index is -0.248. The molecule has 0 unspecified atom stereocenters. The van der Waals surface area contributed by atoms with Crippen molar-refractivity contribution in [2.24, 2.45) is 0 Å². The van der Waals surface area contributed by atoms with Crippen LogP contribution < -0.4 is 15.4 Å². The van der Waals surface area contributed by atoms with Crippen LogP contribution in [-0.2, 0) is 30.8 Å². The van der Waals surface area contributed by atoms with Gasteiger partial charge in [0.1, 0.15) is 11.6 Å². The van der Waals surface area contributed by atoms with Crippen LogP contribution in [0.1, 0.15) is 31.1 Å². The topological polar surface area (TPSA) is 90.3 Å². The van der Waals surface area contributed by atoms with E-state index in [1.54, 1.807) is 0 Å². The number of rotatable bonds is 6. The molecule has 26 heavy (non-hydrogen) atoms. The van der Waals surface area contributed by atoms with Crippen LogP contribution in [0.15, 0.2) is 24.3 Å². The SMILES string of the molecule is CC(C)Oc1cccc(CNC(=O)NCc2nnc3n2CCOCC3)c1. The Morgan fingerprint density at radius 1 is 1.27 bits per heavy atom. The molecule has 0 aliphatic carbocycles. The number of hydrogen-bond donors (Lipinski definition) is 2. The van der Waals surface area contributed by atoms with Crippen LogP contribution in [0.4, 0.5) is 4.79 Å². The Hall–Kier alpha value is -2.61. The van der Waals surface area contributed by atoms with Gasteiger partial charge in [0.2, 0.25) is 0 Å². The van der Waals surface area contributed by atoms with Gasteiger partial charge in [-0.05, 0) is 31.5 Å². The summed E-state index contributed by atoms with van der Waals surface area (Å²) in [7, 11) is 0. The second-order valence-electron chi connectivity index (χ2n) is 6.40. The second kappa shape index (κ2) is 8.66. The highest BCUT2D eigenvalue weighted by Crippen LogP contribution is 2.14. The maximum Gasteiger partial charge on any atom is 0.315 e. The van der Waals surface area contributed by atoms with Gasteiger partial charge in [0.05, 0.1) is 25.9 Å². The van der Waals surface area contributed by atoms with Crippen molar-refractivity contribution in [1.82, 2.24) is 25.4 Å². The smallest absolute Gasteiger partial charge is 0.315 e. The number of carbonyl (C=O) groups excluding carboxylic acids is 1. The summed E-state index contributed by atoms with van der Waals surface area (Å²) in [5.41, 5.74) is 0.979. The Morgan fingerprint density at radius 2 is 2.12 bits per heavy atom. The monoisotopic (exact) mass is 359 g/mol. The van der Waals surface area contributed by atoms with E-state index in [0.29, 0.717) is 32.8 Å². The average Bonchev–Trinajstić information content (AvgIpc) is 2.84. The molecule has 8 heteroatoms. The van der Waals surface area contributed by atoms with E-state index in [2.05, 4.69) is 20.8 Å². The molecule has 140 valence electrons. The fourth-order valence-electron chi connectivity index (χ4n) is 2.77. The maximum atomic E-state index is 12.1. The Balaban J connectivity index is 1.48. The average molecular weight is 359 g/mol. The van der Waals surface area contributed by atoms with E-state index in [-0.39, 0.29) is 12.1 Å². The first-order valence-corrected chi connectivity index (χ1v) is 8.88. The van der Waals surface area contributed by atoms with Gasteiger partial charge in [0, 0.05) is 19.5 Å². The number of aromatic nitrogens is 3. The van der Waals surface area contributed by atoms with Crippen molar-refractivity contribution < 1.29 is 14.3 Å². The molecule has 1 aliphatic rings. The highest BCUT2D eigenvalue weighted by Gasteiger charge is 2.15. The molecule has 8 nitrogen and oxygen atoms in total. The van der Waals surface area contributed by atoms with Crippen molar-refractivity contribution in [2.45, 2.75) is 46.0 Å². The molecule has 0 atom stereocenters. The quantitative estimate of drug-likeness (QED) is 0.818.